The SMILES string of the molecule is C=C(C)C(Br)(Br)Br. The number of alkyl halides is 3. The van der Waals surface area contributed by atoms with Gasteiger partial charge >= 0.3 is 0 Å². The molecule has 0 aliphatic rings. The Hall–Kier alpha value is 1.18. The summed E-state index contributed by atoms with van der Waals surface area (Å²) in [5.74, 6) is 0. The molecule has 0 atom stereocenters. The maximum Gasteiger partial charge on any atom is 0.155 e. The van der Waals surface area contributed by atoms with E-state index in [9.17, 15) is 0 Å². The summed E-state index contributed by atoms with van der Waals surface area (Å²) in [6.45, 7) is 5.60. The highest BCUT2D eigenvalue weighted by atomic mass is 80.0. The highest BCUT2D eigenvalue weighted by Crippen LogP contribution is 2.39. The van der Waals surface area contributed by atoms with E-state index < -0.39 is 0 Å². The van der Waals surface area contributed by atoms with Crippen LogP contribution in [0.1, 0.15) is 6.92 Å². The molecule has 0 rings (SSSR count). The van der Waals surface area contributed by atoms with Crippen molar-refractivity contribution in [3.63, 3.8) is 0 Å². The Labute approximate surface area is 68.7 Å². The number of rotatable bonds is 0. The van der Waals surface area contributed by atoms with Gasteiger partial charge in [0.2, 0.25) is 0 Å². The molecule has 0 heterocycles. The van der Waals surface area contributed by atoms with Gasteiger partial charge in [-0.1, -0.05) is 54.4 Å². The summed E-state index contributed by atoms with van der Waals surface area (Å²) in [5.41, 5.74) is 0.993. The van der Waals surface area contributed by atoms with E-state index >= 15 is 0 Å². The lowest BCUT2D eigenvalue weighted by atomic mass is 10.4. The summed E-state index contributed by atoms with van der Waals surface area (Å²) < 4.78 is -0.257. The van der Waals surface area contributed by atoms with Gasteiger partial charge < -0.3 is 0 Å². The van der Waals surface area contributed by atoms with Crippen molar-refractivity contribution in [3.8, 4) is 0 Å². The minimum Gasteiger partial charge on any atom is -0.0970 e. The Kier molecular flexibility index (Phi) is 3.09. The van der Waals surface area contributed by atoms with Crippen LogP contribution in [0.2, 0.25) is 0 Å². The summed E-state index contributed by atoms with van der Waals surface area (Å²) in [5, 5.41) is 0. The molecular formula is C4H5Br3. The smallest absolute Gasteiger partial charge is 0.0970 e. The zero-order valence-corrected chi connectivity index (χ0v) is 8.60. The fourth-order valence-electron chi connectivity index (χ4n) is 0. The number of halogens is 3. The zero-order valence-electron chi connectivity index (χ0n) is 3.84. The van der Waals surface area contributed by atoms with Crippen molar-refractivity contribution in [1.82, 2.24) is 0 Å². The quantitative estimate of drug-likeness (QED) is 0.474. The van der Waals surface area contributed by atoms with Crippen molar-refractivity contribution in [2.24, 2.45) is 0 Å². The first kappa shape index (κ1) is 8.18. The summed E-state index contributed by atoms with van der Waals surface area (Å²) >= 11 is 9.83. The standard InChI is InChI=1S/C4H5Br3/c1-3(2)4(5,6)7/h1H2,2H3. The van der Waals surface area contributed by atoms with Crippen LogP contribution in [0.3, 0.4) is 0 Å². The van der Waals surface area contributed by atoms with Crippen LogP contribution < -0.4 is 0 Å². The zero-order chi connectivity index (χ0) is 6.08. The lowest BCUT2D eigenvalue weighted by Crippen LogP contribution is -1.97. The van der Waals surface area contributed by atoms with E-state index in [1.807, 2.05) is 6.92 Å². The van der Waals surface area contributed by atoms with E-state index in [1.54, 1.807) is 0 Å². The third-order valence-electron chi connectivity index (χ3n) is 0.484. The molecule has 0 unspecified atom stereocenters. The lowest BCUT2D eigenvalue weighted by Gasteiger charge is -2.09. The highest BCUT2D eigenvalue weighted by Gasteiger charge is 2.16. The Morgan fingerprint density at radius 2 is 1.57 bits per heavy atom. The van der Waals surface area contributed by atoms with Crippen LogP contribution in [-0.2, 0) is 0 Å². The van der Waals surface area contributed by atoms with Crippen molar-refractivity contribution in [2.75, 3.05) is 0 Å². The first-order valence-electron chi connectivity index (χ1n) is 1.67. The predicted octanol–water partition coefficient (Wildman–Crippen LogP) is 3.40. The monoisotopic (exact) mass is 290 g/mol. The van der Waals surface area contributed by atoms with Crippen LogP contribution in [0, 0.1) is 0 Å². The van der Waals surface area contributed by atoms with Crippen molar-refractivity contribution >= 4 is 47.8 Å². The van der Waals surface area contributed by atoms with Gasteiger partial charge in [0.1, 0.15) is 0 Å². The van der Waals surface area contributed by atoms with Crippen molar-refractivity contribution < 1.29 is 0 Å². The minimum absolute atomic E-state index is 0.257. The molecule has 0 aromatic heterocycles. The van der Waals surface area contributed by atoms with Crippen molar-refractivity contribution in [2.45, 2.75) is 9.07 Å². The third-order valence-corrected chi connectivity index (χ3v) is 2.51. The van der Waals surface area contributed by atoms with Crippen LogP contribution in [0.4, 0.5) is 0 Å². The summed E-state index contributed by atoms with van der Waals surface area (Å²) in [6.07, 6.45) is 0. The Bertz CT molecular complexity index is 79.4. The van der Waals surface area contributed by atoms with Crippen LogP contribution in [0.5, 0.6) is 0 Å². The normalized spacial score (nSPS) is 11.4. The molecule has 0 fully saturated rings. The first-order valence-corrected chi connectivity index (χ1v) is 4.05. The molecular weight excluding hydrogens is 288 g/mol. The molecule has 7 heavy (non-hydrogen) atoms. The largest absolute Gasteiger partial charge is 0.155 e. The number of hydrogen-bond donors (Lipinski definition) is 0. The fourth-order valence-corrected chi connectivity index (χ4v) is 0. The lowest BCUT2D eigenvalue weighted by molar-refractivity contribution is 1.37. The Morgan fingerprint density at radius 1 is 1.43 bits per heavy atom. The second kappa shape index (κ2) is 2.65. The molecule has 42 valence electrons. The Balaban J connectivity index is 3.79. The Morgan fingerprint density at radius 3 is 1.57 bits per heavy atom. The van der Waals surface area contributed by atoms with Gasteiger partial charge in [0.05, 0.1) is 0 Å². The first-order chi connectivity index (χ1) is 2.94. The van der Waals surface area contributed by atoms with Gasteiger partial charge in [0.25, 0.3) is 0 Å². The second-order valence-electron chi connectivity index (χ2n) is 1.28. The second-order valence-corrected chi connectivity index (χ2v) is 8.04. The molecule has 0 bridgehead atoms. The van der Waals surface area contributed by atoms with E-state index in [2.05, 4.69) is 54.4 Å². The van der Waals surface area contributed by atoms with Gasteiger partial charge in [0.15, 0.2) is 2.14 Å². The molecule has 0 aliphatic carbocycles. The van der Waals surface area contributed by atoms with Gasteiger partial charge in [-0.2, -0.15) is 0 Å². The fraction of sp³-hybridized carbons (Fsp3) is 0.500. The van der Waals surface area contributed by atoms with Gasteiger partial charge in [-0.3, -0.25) is 0 Å². The van der Waals surface area contributed by atoms with Gasteiger partial charge in [-0.15, -0.1) is 0 Å². The van der Waals surface area contributed by atoms with Crippen LogP contribution in [-0.4, -0.2) is 2.14 Å². The van der Waals surface area contributed by atoms with E-state index in [0.717, 1.165) is 5.57 Å². The average Bonchev–Trinajstić information content (AvgIpc) is 1.31. The maximum atomic E-state index is 3.69. The van der Waals surface area contributed by atoms with Crippen LogP contribution in [0.25, 0.3) is 0 Å². The van der Waals surface area contributed by atoms with Crippen LogP contribution >= 0.6 is 47.8 Å². The van der Waals surface area contributed by atoms with Gasteiger partial charge in [-0.25, -0.2) is 0 Å². The van der Waals surface area contributed by atoms with Crippen LogP contribution in [0.15, 0.2) is 12.2 Å². The molecule has 0 spiro atoms. The highest BCUT2D eigenvalue weighted by molar-refractivity contribution is 9.39. The van der Waals surface area contributed by atoms with Gasteiger partial charge in [-0.05, 0) is 12.5 Å². The molecule has 0 amide bonds. The molecule has 0 saturated carbocycles. The van der Waals surface area contributed by atoms with Crippen molar-refractivity contribution in [3.05, 3.63) is 12.2 Å². The molecule has 0 aliphatic heterocycles. The molecule has 0 N–H and O–H groups in total. The molecule has 0 aromatic carbocycles. The summed E-state index contributed by atoms with van der Waals surface area (Å²) in [7, 11) is 0. The van der Waals surface area contributed by atoms with E-state index in [0.29, 0.717) is 0 Å². The molecule has 0 aromatic rings. The maximum absolute atomic E-state index is 3.69. The van der Waals surface area contributed by atoms with E-state index in [4.69, 9.17) is 0 Å². The molecule has 3 heteroatoms. The topological polar surface area (TPSA) is 0 Å². The minimum atomic E-state index is -0.257. The number of allylic oxidation sites excluding steroid dienone is 1. The van der Waals surface area contributed by atoms with E-state index in [-0.39, 0.29) is 2.14 Å². The molecule has 0 saturated heterocycles. The van der Waals surface area contributed by atoms with Gasteiger partial charge in [0, 0.05) is 0 Å². The third kappa shape index (κ3) is 3.74. The molecule has 0 nitrogen and oxygen atoms in total. The van der Waals surface area contributed by atoms with Crippen molar-refractivity contribution in [1.29, 1.82) is 0 Å². The predicted molar refractivity (Wildman–Crippen MR) is 44.3 cm³/mol. The van der Waals surface area contributed by atoms with E-state index in [1.165, 1.54) is 0 Å². The number of hydrogen-bond acceptors (Lipinski definition) is 0. The molecule has 0 radical (unpaired) electrons. The summed E-state index contributed by atoms with van der Waals surface area (Å²) in [4.78, 5) is 0. The average molecular weight is 293 g/mol. The summed E-state index contributed by atoms with van der Waals surface area (Å²) in [6, 6.07) is 0.